The van der Waals surface area contributed by atoms with E-state index < -0.39 is 0 Å². The lowest BCUT2D eigenvalue weighted by molar-refractivity contribution is 0.160. The van der Waals surface area contributed by atoms with Gasteiger partial charge in [-0.25, -0.2) is 4.98 Å². The monoisotopic (exact) mass is 279 g/mol. The average molecular weight is 279 g/mol. The molecule has 0 aliphatic carbocycles. The molecular formula is C14H21N3OS. The van der Waals surface area contributed by atoms with Gasteiger partial charge in [0.1, 0.15) is 11.9 Å². The maximum atomic E-state index is 5.27. The standard InChI is InChI=1S/C14H21N3OS/c1-4-11(10-18-3)16-13(12-6-5-9-19-12)14-15-7-8-17(14)2/h5-9,11,13,16H,4,10H2,1-3H3. The van der Waals surface area contributed by atoms with Gasteiger partial charge in [-0.3, -0.25) is 5.32 Å². The van der Waals surface area contributed by atoms with E-state index in [9.17, 15) is 0 Å². The van der Waals surface area contributed by atoms with E-state index in [1.54, 1.807) is 18.4 Å². The fourth-order valence-corrected chi connectivity index (χ4v) is 2.90. The average Bonchev–Trinajstić information content (AvgIpc) is 3.06. The highest BCUT2D eigenvalue weighted by Crippen LogP contribution is 2.25. The van der Waals surface area contributed by atoms with E-state index >= 15 is 0 Å². The lowest BCUT2D eigenvalue weighted by Crippen LogP contribution is -2.37. The van der Waals surface area contributed by atoms with Gasteiger partial charge in [0, 0.05) is 37.5 Å². The zero-order chi connectivity index (χ0) is 13.7. The molecule has 2 heterocycles. The van der Waals surface area contributed by atoms with Gasteiger partial charge in [0.2, 0.25) is 0 Å². The minimum Gasteiger partial charge on any atom is -0.383 e. The van der Waals surface area contributed by atoms with Crippen molar-refractivity contribution in [1.82, 2.24) is 14.9 Å². The highest BCUT2D eigenvalue weighted by atomic mass is 32.1. The van der Waals surface area contributed by atoms with Crippen LogP contribution in [0.25, 0.3) is 0 Å². The van der Waals surface area contributed by atoms with Crippen LogP contribution in [0.5, 0.6) is 0 Å². The van der Waals surface area contributed by atoms with Crippen LogP contribution in [-0.4, -0.2) is 29.3 Å². The van der Waals surface area contributed by atoms with Crippen molar-refractivity contribution in [2.24, 2.45) is 7.05 Å². The van der Waals surface area contributed by atoms with Crippen LogP contribution in [0.2, 0.25) is 0 Å². The second-order valence-corrected chi connectivity index (χ2v) is 5.55. The number of hydrogen-bond donors (Lipinski definition) is 1. The first kappa shape index (κ1) is 14.2. The number of nitrogens with zero attached hydrogens (tertiary/aromatic N) is 2. The molecule has 0 fully saturated rings. The van der Waals surface area contributed by atoms with Gasteiger partial charge in [-0.05, 0) is 17.9 Å². The molecule has 0 spiro atoms. The van der Waals surface area contributed by atoms with Gasteiger partial charge in [0.15, 0.2) is 0 Å². The van der Waals surface area contributed by atoms with Gasteiger partial charge in [0.25, 0.3) is 0 Å². The van der Waals surface area contributed by atoms with Crippen LogP contribution >= 0.6 is 11.3 Å². The van der Waals surface area contributed by atoms with Crippen molar-refractivity contribution in [3.05, 3.63) is 40.6 Å². The summed E-state index contributed by atoms with van der Waals surface area (Å²) in [6, 6.07) is 4.68. The number of nitrogens with one attached hydrogen (secondary N) is 1. The summed E-state index contributed by atoms with van der Waals surface area (Å²) in [5.41, 5.74) is 0. The third-order valence-electron chi connectivity index (χ3n) is 3.21. The molecular weight excluding hydrogens is 258 g/mol. The molecule has 19 heavy (non-hydrogen) atoms. The Morgan fingerprint density at radius 2 is 2.37 bits per heavy atom. The Morgan fingerprint density at radius 3 is 2.89 bits per heavy atom. The first-order valence-corrected chi connectivity index (χ1v) is 7.39. The lowest BCUT2D eigenvalue weighted by atomic mass is 10.1. The minimum absolute atomic E-state index is 0.125. The fourth-order valence-electron chi connectivity index (χ4n) is 2.12. The molecule has 0 saturated heterocycles. The number of aryl methyl sites for hydroxylation is 1. The Balaban J connectivity index is 2.23. The molecule has 2 unspecified atom stereocenters. The Kier molecular flexibility index (Phi) is 5.13. The normalized spacial score (nSPS) is 14.5. The van der Waals surface area contributed by atoms with E-state index in [2.05, 4.69) is 39.3 Å². The second-order valence-electron chi connectivity index (χ2n) is 4.57. The summed E-state index contributed by atoms with van der Waals surface area (Å²) in [6.07, 6.45) is 4.85. The summed E-state index contributed by atoms with van der Waals surface area (Å²) in [4.78, 5) is 5.77. The zero-order valence-corrected chi connectivity index (χ0v) is 12.5. The van der Waals surface area contributed by atoms with E-state index in [-0.39, 0.29) is 6.04 Å². The SMILES string of the molecule is CCC(COC)NC(c1cccs1)c1nccn1C. The summed E-state index contributed by atoms with van der Waals surface area (Å²) >= 11 is 1.75. The van der Waals surface area contributed by atoms with Crippen LogP contribution in [0, 0.1) is 0 Å². The Morgan fingerprint density at radius 1 is 1.53 bits per heavy atom. The van der Waals surface area contributed by atoms with Gasteiger partial charge < -0.3 is 9.30 Å². The molecule has 1 N–H and O–H groups in total. The van der Waals surface area contributed by atoms with Crippen LogP contribution in [0.1, 0.15) is 30.1 Å². The highest BCUT2D eigenvalue weighted by molar-refractivity contribution is 7.10. The number of methoxy groups -OCH3 is 1. The third kappa shape index (κ3) is 3.43. The predicted molar refractivity (Wildman–Crippen MR) is 78.5 cm³/mol. The summed E-state index contributed by atoms with van der Waals surface area (Å²) in [5.74, 6) is 1.04. The number of aromatic nitrogens is 2. The molecule has 0 aliphatic rings. The Labute approximate surface area is 118 Å². The van der Waals surface area contributed by atoms with Gasteiger partial charge in [0.05, 0.1) is 6.61 Å². The smallest absolute Gasteiger partial charge is 0.131 e. The molecule has 5 heteroatoms. The molecule has 0 radical (unpaired) electrons. The van der Waals surface area contributed by atoms with Crippen molar-refractivity contribution in [2.45, 2.75) is 25.4 Å². The second kappa shape index (κ2) is 6.84. The van der Waals surface area contributed by atoms with Crippen LogP contribution in [0.15, 0.2) is 29.9 Å². The molecule has 4 nitrogen and oxygen atoms in total. The number of imidazole rings is 1. The predicted octanol–water partition coefficient (Wildman–Crippen LogP) is 2.59. The number of ether oxygens (including phenoxy) is 1. The molecule has 0 aromatic carbocycles. The minimum atomic E-state index is 0.125. The molecule has 0 saturated carbocycles. The summed E-state index contributed by atoms with van der Waals surface area (Å²) in [5, 5.41) is 5.75. The van der Waals surface area contributed by atoms with Crippen LogP contribution in [0.4, 0.5) is 0 Å². The summed E-state index contributed by atoms with van der Waals surface area (Å²) in [7, 11) is 3.77. The van der Waals surface area contributed by atoms with Crippen molar-refractivity contribution in [3.8, 4) is 0 Å². The number of hydrogen-bond acceptors (Lipinski definition) is 4. The van der Waals surface area contributed by atoms with Gasteiger partial charge in [-0.1, -0.05) is 13.0 Å². The third-order valence-corrected chi connectivity index (χ3v) is 4.14. The molecule has 0 bridgehead atoms. The summed E-state index contributed by atoms with van der Waals surface area (Å²) in [6.45, 7) is 2.88. The first-order valence-electron chi connectivity index (χ1n) is 6.51. The van der Waals surface area contributed by atoms with Crippen molar-refractivity contribution in [1.29, 1.82) is 0 Å². The largest absolute Gasteiger partial charge is 0.383 e. The quantitative estimate of drug-likeness (QED) is 0.846. The molecule has 2 aromatic rings. The number of thiophene rings is 1. The zero-order valence-electron chi connectivity index (χ0n) is 11.7. The van der Waals surface area contributed by atoms with Crippen LogP contribution in [0.3, 0.4) is 0 Å². The topological polar surface area (TPSA) is 39.1 Å². The van der Waals surface area contributed by atoms with E-state index in [0.717, 1.165) is 12.2 Å². The Hall–Kier alpha value is -1.17. The van der Waals surface area contributed by atoms with Gasteiger partial charge >= 0.3 is 0 Å². The maximum Gasteiger partial charge on any atom is 0.131 e. The molecule has 104 valence electrons. The van der Waals surface area contributed by atoms with E-state index in [1.807, 2.05) is 19.4 Å². The molecule has 0 aliphatic heterocycles. The van der Waals surface area contributed by atoms with Crippen molar-refractivity contribution in [2.75, 3.05) is 13.7 Å². The highest BCUT2D eigenvalue weighted by Gasteiger charge is 2.22. The van der Waals surface area contributed by atoms with E-state index in [1.165, 1.54) is 4.88 Å². The summed E-state index contributed by atoms with van der Waals surface area (Å²) < 4.78 is 7.34. The molecule has 2 atom stereocenters. The lowest BCUT2D eigenvalue weighted by Gasteiger charge is -2.23. The van der Waals surface area contributed by atoms with Gasteiger partial charge in [-0.2, -0.15) is 0 Å². The molecule has 0 amide bonds. The van der Waals surface area contributed by atoms with Crippen LogP contribution < -0.4 is 5.32 Å². The molecule has 2 rings (SSSR count). The van der Waals surface area contributed by atoms with E-state index in [0.29, 0.717) is 12.6 Å². The van der Waals surface area contributed by atoms with Crippen molar-refractivity contribution < 1.29 is 4.74 Å². The van der Waals surface area contributed by atoms with Crippen LogP contribution in [-0.2, 0) is 11.8 Å². The fraction of sp³-hybridized carbons (Fsp3) is 0.500. The Bertz CT molecular complexity index is 481. The van der Waals surface area contributed by atoms with E-state index in [4.69, 9.17) is 4.74 Å². The van der Waals surface area contributed by atoms with Crippen molar-refractivity contribution >= 4 is 11.3 Å². The van der Waals surface area contributed by atoms with Crippen molar-refractivity contribution in [3.63, 3.8) is 0 Å². The maximum absolute atomic E-state index is 5.27. The first-order chi connectivity index (χ1) is 9.26. The number of rotatable bonds is 7. The van der Waals surface area contributed by atoms with Gasteiger partial charge in [-0.15, -0.1) is 11.3 Å². The molecule has 2 aromatic heterocycles.